The molecule has 0 spiro atoms. The van der Waals surface area contributed by atoms with Gasteiger partial charge >= 0.3 is 0 Å². The van der Waals surface area contributed by atoms with Gasteiger partial charge in [-0.15, -0.1) is 0 Å². The Hall–Kier alpha value is -1.39. The Morgan fingerprint density at radius 3 is 2.75 bits per heavy atom. The number of anilines is 1. The highest BCUT2D eigenvalue weighted by Gasteiger charge is 2.17. The van der Waals surface area contributed by atoms with Crippen LogP contribution in [0.3, 0.4) is 0 Å². The van der Waals surface area contributed by atoms with Crippen LogP contribution in [0.25, 0.3) is 0 Å². The monoisotopic (exact) mass is 331 g/mol. The van der Waals surface area contributed by atoms with E-state index in [0.29, 0.717) is 6.04 Å². The second kappa shape index (κ2) is 9.80. The molecule has 1 saturated carbocycles. The Balaban J connectivity index is 1.70. The van der Waals surface area contributed by atoms with E-state index in [2.05, 4.69) is 35.6 Å². The van der Waals surface area contributed by atoms with Crippen LogP contribution in [-0.2, 0) is 4.79 Å². The molecule has 134 valence electrons. The first-order valence-electron chi connectivity index (χ1n) is 9.37. The summed E-state index contributed by atoms with van der Waals surface area (Å²) in [6.07, 6.45) is 8.13. The highest BCUT2D eigenvalue weighted by atomic mass is 16.1. The van der Waals surface area contributed by atoms with Gasteiger partial charge in [0.2, 0.25) is 5.91 Å². The van der Waals surface area contributed by atoms with Crippen molar-refractivity contribution in [3.63, 3.8) is 0 Å². The summed E-state index contributed by atoms with van der Waals surface area (Å²) >= 11 is 0. The van der Waals surface area contributed by atoms with E-state index in [1.807, 2.05) is 18.2 Å². The molecule has 4 heteroatoms. The van der Waals surface area contributed by atoms with Crippen molar-refractivity contribution in [2.75, 3.05) is 25.5 Å². The van der Waals surface area contributed by atoms with Crippen molar-refractivity contribution in [1.29, 1.82) is 0 Å². The van der Waals surface area contributed by atoms with Gasteiger partial charge in [0.15, 0.2) is 0 Å². The number of carbonyl (C=O) groups is 1. The molecule has 2 N–H and O–H groups in total. The van der Waals surface area contributed by atoms with Crippen LogP contribution in [0, 0.1) is 0 Å². The largest absolute Gasteiger partial charge is 0.326 e. The minimum absolute atomic E-state index is 0.0292. The van der Waals surface area contributed by atoms with Crippen molar-refractivity contribution in [2.24, 2.45) is 0 Å². The SMILES string of the molecule is CC(=O)Nc1cccc(C(C)NCCCN(C)C2CCCCC2)c1. The lowest BCUT2D eigenvalue weighted by Crippen LogP contribution is -2.35. The molecule has 1 aromatic carbocycles. The maximum absolute atomic E-state index is 11.2. The highest BCUT2D eigenvalue weighted by molar-refractivity contribution is 5.88. The van der Waals surface area contributed by atoms with E-state index in [4.69, 9.17) is 0 Å². The highest BCUT2D eigenvalue weighted by Crippen LogP contribution is 2.21. The lowest BCUT2D eigenvalue weighted by atomic mass is 9.94. The minimum atomic E-state index is -0.0292. The number of amides is 1. The van der Waals surface area contributed by atoms with Crippen LogP contribution in [-0.4, -0.2) is 37.0 Å². The van der Waals surface area contributed by atoms with Crippen molar-refractivity contribution in [1.82, 2.24) is 10.2 Å². The molecular formula is C20H33N3O. The Morgan fingerprint density at radius 2 is 2.04 bits per heavy atom. The number of hydrogen-bond donors (Lipinski definition) is 2. The molecular weight excluding hydrogens is 298 g/mol. The first kappa shape index (κ1) is 18.9. The van der Waals surface area contributed by atoms with E-state index >= 15 is 0 Å². The van der Waals surface area contributed by atoms with Crippen LogP contribution in [0.15, 0.2) is 24.3 Å². The number of nitrogens with one attached hydrogen (secondary N) is 2. The second-order valence-electron chi connectivity index (χ2n) is 7.11. The van der Waals surface area contributed by atoms with Crippen molar-refractivity contribution < 1.29 is 4.79 Å². The zero-order valence-electron chi connectivity index (χ0n) is 15.5. The molecule has 0 heterocycles. The molecule has 1 amide bonds. The van der Waals surface area contributed by atoms with E-state index in [1.165, 1.54) is 51.0 Å². The van der Waals surface area contributed by atoms with Crippen molar-refractivity contribution >= 4 is 11.6 Å². The summed E-state index contributed by atoms with van der Waals surface area (Å²) in [6.45, 7) is 5.90. The van der Waals surface area contributed by atoms with Crippen molar-refractivity contribution in [3.8, 4) is 0 Å². The number of benzene rings is 1. The fourth-order valence-corrected chi connectivity index (χ4v) is 3.56. The summed E-state index contributed by atoms with van der Waals surface area (Å²) in [5.41, 5.74) is 2.08. The Kier molecular flexibility index (Phi) is 7.73. The van der Waals surface area contributed by atoms with Crippen LogP contribution < -0.4 is 10.6 Å². The van der Waals surface area contributed by atoms with E-state index in [9.17, 15) is 4.79 Å². The third-order valence-corrected chi connectivity index (χ3v) is 5.04. The van der Waals surface area contributed by atoms with Crippen LogP contribution in [0.1, 0.15) is 64.0 Å². The normalized spacial score (nSPS) is 17.0. The van der Waals surface area contributed by atoms with Gasteiger partial charge in [0.05, 0.1) is 0 Å². The smallest absolute Gasteiger partial charge is 0.221 e. The lowest BCUT2D eigenvalue weighted by molar-refractivity contribution is -0.114. The summed E-state index contributed by atoms with van der Waals surface area (Å²) in [6, 6.07) is 9.17. The predicted octanol–water partition coefficient (Wildman–Crippen LogP) is 3.95. The fourth-order valence-electron chi connectivity index (χ4n) is 3.56. The summed E-state index contributed by atoms with van der Waals surface area (Å²) in [4.78, 5) is 13.7. The van der Waals surface area contributed by atoms with Gasteiger partial charge in [-0.2, -0.15) is 0 Å². The van der Waals surface area contributed by atoms with Gasteiger partial charge in [0, 0.05) is 24.7 Å². The summed E-state index contributed by atoms with van der Waals surface area (Å²) in [5.74, 6) is -0.0292. The Morgan fingerprint density at radius 1 is 1.29 bits per heavy atom. The van der Waals surface area contributed by atoms with Gasteiger partial charge in [-0.25, -0.2) is 0 Å². The molecule has 4 nitrogen and oxygen atoms in total. The van der Waals surface area contributed by atoms with Gasteiger partial charge in [-0.1, -0.05) is 31.4 Å². The zero-order chi connectivity index (χ0) is 17.4. The quantitative estimate of drug-likeness (QED) is 0.709. The molecule has 1 atom stereocenters. The van der Waals surface area contributed by atoms with Gasteiger partial charge in [-0.05, 0) is 64.0 Å². The van der Waals surface area contributed by atoms with Crippen LogP contribution in [0.2, 0.25) is 0 Å². The molecule has 1 aliphatic carbocycles. The molecule has 1 aliphatic rings. The molecule has 0 radical (unpaired) electrons. The predicted molar refractivity (Wildman–Crippen MR) is 101 cm³/mol. The van der Waals surface area contributed by atoms with Crippen molar-refractivity contribution in [2.45, 2.75) is 64.5 Å². The molecule has 0 bridgehead atoms. The van der Waals surface area contributed by atoms with Gasteiger partial charge in [0.1, 0.15) is 0 Å². The third-order valence-electron chi connectivity index (χ3n) is 5.04. The van der Waals surface area contributed by atoms with Gasteiger partial charge in [-0.3, -0.25) is 4.79 Å². The van der Waals surface area contributed by atoms with Crippen LogP contribution >= 0.6 is 0 Å². The molecule has 1 fully saturated rings. The Bertz CT molecular complexity index is 511. The van der Waals surface area contributed by atoms with Gasteiger partial charge in [0.25, 0.3) is 0 Å². The number of nitrogens with zero attached hydrogens (tertiary/aromatic N) is 1. The first-order chi connectivity index (χ1) is 11.6. The van der Waals surface area contributed by atoms with E-state index < -0.39 is 0 Å². The topological polar surface area (TPSA) is 44.4 Å². The van der Waals surface area contributed by atoms with Crippen molar-refractivity contribution in [3.05, 3.63) is 29.8 Å². The second-order valence-corrected chi connectivity index (χ2v) is 7.11. The summed E-state index contributed by atoms with van der Waals surface area (Å²) in [7, 11) is 2.27. The summed E-state index contributed by atoms with van der Waals surface area (Å²) in [5, 5.41) is 6.44. The maximum Gasteiger partial charge on any atom is 0.221 e. The number of hydrogen-bond acceptors (Lipinski definition) is 3. The maximum atomic E-state index is 11.2. The fraction of sp³-hybridized carbons (Fsp3) is 0.650. The van der Waals surface area contributed by atoms with E-state index in [-0.39, 0.29) is 5.91 Å². The number of carbonyl (C=O) groups excluding carboxylic acids is 1. The standard InChI is InChI=1S/C20H33N3O/c1-16(18-9-7-10-19(15-18)22-17(2)24)21-13-8-14-23(3)20-11-5-4-6-12-20/h7,9-10,15-16,20-21H,4-6,8,11-14H2,1-3H3,(H,22,24). The van der Waals surface area contributed by atoms with Crippen LogP contribution in [0.5, 0.6) is 0 Å². The molecule has 0 aromatic heterocycles. The first-order valence-corrected chi connectivity index (χ1v) is 9.37. The minimum Gasteiger partial charge on any atom is -0.326 e. The number of rotatable bonds is 8. The van der Waals surface area contributed by atoms with Gasteiger partial charge < -0.3 is 15.5 Å². The average Bonchev–Trinajstić information content (AvgIpc) is 2.58. The van der Waals surface area contributed by atoms with E-state index in [0.717, 1.165) is 24.8 Å². The molecule has 24 heavy (non-hydrogen) atoms. The molecule has 2 rings (SSSR count). The third kappa shape index (κ3) is 6.25. The molecule has 1 unspecified atom stereocenters. The lowest BCUT2D eigenvalue weighted by Gasteiger charge is -2.31. The molecule has 0 aliphatic heterocycles. The Labute approximate surface area is 147 Å². The summed E-state index contributed by atoms with van der Waals surface area (Å²) < 4.78 is 0. The zero-order valence-corrected chi connectivity index (χ0v) is 15.5. The van der Waals surface area contributed by atoms with Crippen LogP contribution in [0.4, 0.5) is 5.69 Å². The average molecular weight is 332 g/mol. The molecule has 1 aromatic rings. The molecule has 0 saturated heterocycles. The van der Waals surface area contributed by atoms with E-state index in [1.54, 1.807) is 0 Å².